The summed E-state index contributed by atoms with van der Waals surface area (Å²) in [5.41, 5.74) is 1.33. The molecule has 0 aliphatic heterocycles. The average Bonchev–Trinajstić information content (AvgIpc) is 3.30. The van der Waals surface area contributed by atoms with Gasteiger partial charge in [0.2, 0.25) is 0 Å². The quantitative estimate of drug-likeness (QED) is 0.849. The molecule has 1 aliphatic carbocycles. The van der Waals surface area contributed by atoms with E-state index in [1.54, 1.807) is 25.1 Å². The number of ether oxygens (including phenoxy) is 1. The van der Waals surface area contributed by atoms with Crippen LogP contribution in [0.3, 0.4) is 0 Å². The summed E-state index contributed by atoms with van der Waals surface area (Å²) in [7, 11) is 3.40. The molecular formula is C17H20N2O3. The molecule has 1 aliphatic rings. The second-order valence-corrected chi connectivity index (χ2v) is 5.72. The first kappa shape index (κ1) is 14.6. The molecule has 22 heavy (non-hydrogen) atoms. The van der Waals surface area contributed by atoms with Crippen LogP contribution in [0.15, 0.2) is 34.9 Å². The highest BCUT2D eigenvalue weighted by Gasteiger charge is 2.30. The van der Waals surface area contributed by atoms with E-state index in [0.29, 0.717) is 11.6 Å². The Kier molecular flexibility index (Phi) is 3.88. The van der Waals surface area contributed by atoms with Gasteiger partial charge in [-0.25, -0.2) is 0 Å². The Balaban J connectivity index is 1.79. The third-order valence-electron chi connectivity index (χ3n) is 4.22. The Labute approximate surface area is 129 Å². The van der Waals surface area contributed by atoms with E-state index in [1.165, 1.54) is 0 Å². The Morgan fingerprint density at radius 1 is 1.41 bits per heavy atom. The maximum Gasteiger partial charge on any atom is 0.276 e. The van der Waals surface area contributed by atoms with E-state index >= 15 is 0 Å². The summed E-state index contributed by atoms with van der Waals surface area (Å²) in [6.07, 6.45) is 2.24. The number of aromatic nitrogens is 1. The van der Waals surface area contributed by atoms with Crippen molar-refractivity contribution in [3.8, 4) is 5.75 Å². The summed E-state index contributed by atoms with van der Waals surface area (Å²) in [5, 5.41) is 3.92. The normalized spacial score (nSPS) is 15.4. The molecule has 5 heteroatoms. The number of rotatable bonds is 5. The molecule has 3 rings (SSSR count). The molecule has 0 N–H and O–H groups in total. The fraction of sp³-hybridized carbons (Fsp3) is 0.412. The van der Waals surface area contributed by atoms with Gasteiger partial charge in [0.15, 0.2) is 5.69 Å². The Morgan fingerprint density at radius 3 is 2.82 bits per heavy atom. The van der Waals surface area contributed by atoms with Gasteiger partial charge in [-0.15, -0.1) is 0 Å². The smallest absolute Gasteiger partial charge is 0.276 e. The summed E-state index contributed by atoms with van der Waals surface area (Å²) >= 11 is 0. The van der Waals surface area contributed by atoms with Crippen LogP contribution in [0.4, 0.5) is 0 Å². The zero-order valence-electron chi connectivity index (χ0n) is 13.1. The zero-order chi connectivity index (χ0) is 15.7. The third-order valence-corrected chi connectivity index (χ3v) is 4.22. The molecule has 2 aromatic rings. The van der Waals surface area contributed by atoms with Crippen LogP contribution in [0, 0.1) is 0 Å². The Morgan fingerprint density at radius 2 is 2.14 bits per heavy atom. The van der Waals surface area contributed by atoms with Crippen LogP contribution in [0.1, 0.15) is 53.5 Å². The number of benzene rings is 1. The number of carbonyl (C=O) groups is 1. The van der Waals surface area contributed by atoms with Crippen LogP contribution in [0.25, 0.3) is 0 Å². The summed E-state index contributed by atoms with van der Waals surface area (Å²) in [4.78, 5) is 14.2. The van der Waals surface area contributed by atoms with Crippen LogP contribution in [0.5, 0.6) is 5.75 Å². The first-order chi connectivity index (χ1) is 10.6. The van der Waals surface area contributed by atoms with Crippen LogP contribution in [0.2, 0.25) is 0 Å². The third kappa shape index (κ3) is 2.71. The van der Waals surface area contributed by atoms with E-state index < -0.39 is 0 Å². The fourth-order valence-corrected chi connectivity index (χ4v) is 2.53. The molecule has 1 fully saturated rings. The molecule has 0 saturated heterocycles. The number of carbonyl (C=O) groups excluding carboxylic acids is 1. The molecule has 1 aromatic heterocycles. The molecule has 1 saturated carbocycles. The number of nitrogens with zero attached hydrogens (tertiary/aromatic N) is 2. The second-order valence-electron chi connectivity index (χ2n) is 5.72. The van der Waals surface area contributed by atoms with Gasteiger partial charge in [0.05, 0.1) is 13.2 Å². The highest BCUT2D eigenvalue weighted by Crippen LogP contribution is 2.40. The van der Waals surface area contributed by atoms with Crippen molar-refractivity contribution in [1.29, 1.82) is 0 Å². The molecule has 116 valence electrons. The minimum Gasteiger partial charge on any atom is -0.496 e. The summed E-state index contributed by atoms with van der Waals surface area (Å²) < 4.78 is 10.6. The van der Waals surface area contributed by atoms with Crippen molar-refractivity contribution in [1.82, 2.24) is 10.1 Å². The Bertz CT molecular complexity index is 676. The van der Waals surface area contributed by atoms with E-state index in [1.807, 2.05) is 31.2 Å². The van der Waals surface area contributed by atoms with E-state index in [4.69, 9.17) is 9.26 Å². The second kappa shape index (κ2) is 5.83. The van der Waals surface area contributed by atoms with Gasteiger partial charge in [0, 0.05) is 24.6 Å². The van der Waals surface area contributed by atoms with Crippen molar-refractivity contribution in [2.24, 2.45) is 0 Å². The monoisotopic (exact) mass is 300 g/mol. The summed E-state index contributed by atoms with van der Waals surface area (Å²) in [6.45, 7) is 1.97. The van der Waals surface area contributed by atoms with Crippen molar-refractivity contribution in [2.75, 3.05) is 14.2 Å². The molecule has 1 amide bonds. The predicted molar refractivity (Wildman–Crippen MR) is 82.0 cm³/mol. The highest BCUT2D eigenvalue weighted by atomic mass is 16.5. The minimum absolute atomic E-state index is 0.121. The lowest BCUT2D eigenvalue weighted by molar-refractivity contribution is 0.0730. The van der Waals surface area contributed by atoms with Gasteiger partial charge >= 0.3 is 0 Å². The summed E-state index contributed by atoms with van der Waals surface area (Å²) in [5.74, 6) is 1.90. The standard InChI is InChI=1S/C17H20N2O3/c1-11(13-6-4-5-7-15(13)21-3)19(2)17(20)14-10-16(22-18-14)12-8-9-12/h4-7,10-12H,8-9H2,1-3H3/t11-/m0/s1. The van der Waals surface area contributed by atoms with Crippen molar-refractivity contribution >= 4 is 5.91 Å². The molecule has 5 nitrogen and oxygen atoms in total. The zero-order valence-corrected chi connectivity index (χ0v) is 13.1. The van der Waals surface area contributed by atoms with E-state index in [9.17, 15) is 4.79 Å². The Hall–Kier alpha value is -2.30. The number of amides is 1. The van der Waals surface area contributed by atoms with Crippen molar-refractivity contribution in [3.63, 3.8) is 0 Å². The number of hydrogen-bond donors (Lipinski definition) is 0. The van der Waals surface area contributed by atoms with Crippen molar-refractivity contribution < 1.29 is 14.1 Å². The first-order valence-electron chi connectivity index (χ1n) is 7.48. The van der Waals surface area contributed by atoms with Crippen LogP contribution >= 0.6 is 0 Å². The van der Waals surface area contributed by atoms with Gasteiger partial charge in [-0.2, -0.15) is 0 Å². The van der Waals surface area contributed by atoms with Crippen LogP contribution < -0.4 is 4.74 Å². The molecule has 0 bridgehead atoms. The van der Waals surface area contributed by atoms with Gasteiger partial charge in [0.1, 0.15) is 11.5 Å². The lowest BCUT2D eigenvalue weighted by atomic mass is 10.1. The largest absolute Gasteiger partial charge is 0.496 e. The topological polar surface area (TPSA) is 55.6 Å². The maximum atomic E-state index is 12.6. The molecule has 0 unspecified atom stereocenters. The SMILES string of the molecule is COc1ccccc1[C@H](C)N(C)C(=O)c1cc(C2CC2)on1. The molecule has 0 spiro atoms. The molecule has 1 atom stereocenters. The maximum absolute atomic E-state index is 12.6. The van der Waals surface area contributed by atoms with Crippen molar-refractivity contribution in [3.05, 3.63) is 47.3 Å². The molecular weight excluding hydrogens is 280 g/mol. The average molecular weight is 300 g/mol. The molecule has 1 aromatic carbocycles. The van der Waals surface area contributed by atoms with Gasteiger partial charge in [0.25, 0.3) is 5.91 Å². The van der Waals surface area contributed by atoms with Crippen LogP contribution in [-0.2, 0) is 0 Å². The number of methoxy groups -OCH3 is 1. The number of hydrogen-bond acceptors (Lipinski definition) is 4. The van der Waals surface area contributed by atoms with Gasteiger partial charge < -0.3 is 14.2 Å². The van der Waals surface area contributed by atoms with E-state index in [-0.39, 0.29) is 11.9 Å². The van der Waals surface area contributed by atoms with Crippen LogP contribution in [-0.4, -0.2) is 30.1 Å². The fourth-order valence-electron chi connectivity index (χ4n) is 2.53. The predicted octanol–water partition coefficient (Wildman–Crippen LogP) is 3.39. The molecule has 0 radical (unpaired) electrons. The highest BCUT2D eigenvalue weighted by molar-refractivity contribution is 5.92. The van der Waals surface area contributed by atoms with E-state index in [2.05, 4.69) is 5.16 Å². The van der Waals surface area contributed by atoms with Crippen molar-refractivity contribution in [2.45, 2.75) is 31.7 Å². The van der Waals surface area contributed by atoms with E-state index in [0.717, 1.165) is 29.9 Å². The van der Waals surface area contributed by atoms with Gasteiger partial charge in [-0.1, -0.05) is 23.4 Å². The molecule has 1 heterocycles. The minimum atomic E-state index is -0.144. The first-order valence-corrected chi connectivity index (χ1v) is 7.48. The van der Waals surface area contributed by atoms with Gasteiger partial charge in [-0.3, -0.25) is 4.79 Å². The summed E-state index contributed by atoms with van der Waals surface area (Å²) in [6, 6.07) is 9.36. The lowest BCUT2D eigenvalue weighted by Crippen LogP contribution is -2.30. The van der Waals surface area contributed by atoms with Gasteiger partial charge in [-0.05, 0) is 25.8 Å². The number of para-hydroxylation sites is 1. The lowest BCUT2D eigenvalue weighted by Gasteiger charge is -2.25.